The molecule has 1 fully saturated rings. The first-order valence-electron chi connectivity index (χ1n) is 6.51. The maximum atomic E-state index is 12.9. The van der Waals surface area contributed by atoms with E-state index in [-0.39, 0.29) is 11.8 Å². The van der Waals surface area contributed by atoms with E-state index in [9.17, 15) is 14.0 Å². The zero-order chi connectivity index (χ0) is 14.5. The minimum atomic E-state index is -0.954. The van der Waals surface area contributed by atoms with E-state index < -0.39 is 17.8 Å². The van der Waals surface area contributed by atoms with Gasteiger partial charge >= 0.3 is 0 Å². The number of carbonyl (C=O) groups is 2. The Kier molecular flexibility index (Phi) is 4.68. The van der Waals surface area contributed by atoms with Crippen LogP contribution in [0.4, 0.5) is 4.39 Å². The van der Waals surface area contributed by atoms with E-state index in [0.717, 1.165) is 12.8 Å². The summed E-state index contributed by atoms with van der Waals surface area (Å²) in [6.07, 6.45) is 1.54. The van der Waals surface area contributed by atoms with Gasteiger partial charge in [0.25, 0.3) is 0 Å². The lowest BCUT2D eigenvalue weighted by Crippen LogP contribution is -2.42. The molecule has 5 nitrogen and oxygen atoms in total. The normalized spacial score (nSPS) is 20.1. The lowest BCUT2D eigenvalue weighted by molar-refractivity contribution is -0.133. The van der Waals surface area contributed by atoms with E-state index in [1.165, 1.54) is 24.3 Å². The fourth-order valence-corrected chi connectivity index (χ4v) is 2.18. The molecule has 1 aromatic carbocycles. The highest BCUT2D eigenvalue weighted by Crippen LogP contribution is 2.18. The van der Waals surface area contributed by atoms with Gasteiger partial charge in [-0.1, -0.05) is 12.1 Å². The number of rotatable bonds is 4. The third-order valence-corrected chi connectivity index (χ3v) is 3.31. The highest BCUT2D eigenvalue weighted by molar-refractivity contribution is 5.88. The maximum absolute atomic E-state index is 12.9. The minimum absolute atomic E-state index is 0.266. The number of ether oxygens (including phenoxy) is 1. The van der Waals surface area contributed by atoms with Crippen LogP contribution in [0.5, 0.6) is 0 Å². The van der Waals surface area contributed by atoms with E-state index in [1.54, 1.807) is 0 Å². The van der Waals surface area contributed by atoms with Crippen LogP contribution in [-0.2, 0) is 14.3 Å². The maximum Gasteiger partial charge on any atom is 0.244 e. The molecule has 2 atom stereocenters. The van der Waals surface area contributed by atoms with Crippen molar-refractivity contribution in [3.05, 3.63) is 35.6 Å². The topological polar surface area (TPSA) is 81.4 Å². The summed E-state index contributed by atoms with van der Waals surface area (Å²) < 4.78 is 18.1. The van der Waals surface area contributed by atoms with Gasteiger partial charge in [0.05, 0.1) is 12.5 Å². The Hall–Kier alpha value is -1.95. The van der Waals surface area contributed by atoms with E-state index in [2.05, 4.69) is 5.32 Å². The van der Waals surface area contributed by atoms with Crippen molar-refractivity contribution >= 4 is 11.8 Å². The van der Waals surface area contributed by atoms with Crippen molar-refractivity contribution in [1.82, 2.24) is 5.32 Å². The molecular weight excluding hydrogens is 263 g/mol. The number of primary amides is 1. The Morgan fingerprint density at radius 1 is 1.35 bits per heavy atom. The Morgan fingerprint density at radius 3 is 2.60 bits per heavy atom. The predicted molar refractivity (Wildman–Crippen MR) is 70.0 cm³/mol. The molecule has 0 radical (unpaired) electrons. The third-order valence-electron chi connectivity index (χ3n) is 3.31. The summed E-state index contributed by atoms with van der Waals surface area (Å²) in [5, 5.41) is 2.61. The second-order valence-corrected chi connectivity index (χ2v) is 4.81. The average Bonchev–Trinajstić information content (AvgIpc) is 2.46. The highest BCUT2D eigenvalue weighted by Gasteiger charge is 2.26. The molecule has 0 bridgehead atoms. The number of amides is 2. The quantitative estimate of drug-likeness (QED) is 0.859. The monoisotopic (exact) mass is 280 g/mol. The number of nitrogens with two attached hydrogens (primary N) is 1. The standard InChI is InChI=1S/C14H17FN2O3/c15-11-5-3-9(4-6-11)12(13(16)18)17-14(19)10-2-1-7-20-8-10/h3-6,10,12H,1-2,7-8H2,(H2,16,18)(H,17,19)/t10-,12+/m1/s1. The smallest absolute Gasteiger partial charge is 0.244 e. The molecule has 1 aliphatic heterocycles. The van der Waals surface area contributed by atoms with Crippen molar-refractivity contribution in [3.63, 3.8) is 0 Å². The Morgan fingerprint density at radius 2 is 2.05 bits per heavy atom. The fourth-order valence-electron chi connectivity index (χ4n) is 2.18. The molecule has 1 aliphatic rings. The average molecular weight is 280 g/mol. The van der Waals surface area contributed by atoms with Gasteiger partial charge in [0.1, 0.15) is 11.9 Å². The van der Waals surface area contributed by atoms with Gasteiger partial charge in [-0.3, -0.25) is 9.59 Å². The van der Waals surface area contributed by atoms with Crippen molar-refractivity contribution < 1.29 is 18.7 Å². The highest BCUT2D eigenvalue weighted by atomic mass is 19.1. The van der Waals surface area contributed by atoms with Crippen LogP contribution in [-0.4, -0.2) is 25.0 Å². The van der Waals surface area contributed by atoms with Crippen LogP contribution in [0, 0.1) is 11.7 Å². The largest absolute Gasteiger partial charge is 0.381 e. The van der Waals surface area contributed by atoms with Crippen molar-refractivity contribution in [2.75, 3.05) is 13.2 Å². The summed E-state index contributed by atoms with van der Waals surface area (Å²) in [7, 11) is 0. The van der Waals surface area contributed by atoms with Gasteiger partial charge in [0.2, 0.25) is 11.8 Å². The van der Waals surface area contributed by atoms with Crippen molar-refractivity contribution in [3.8, 4) is 0 Å². The van der Waals surface area contributed by atoms with Crippen LogP contribution < -0.4 is 11.1 Å². The number of hydrogen-bond donors (Lipinski definition) is 2. The molecule has 0 saturated carbocycles. The number of carbonyl (C=O) groups excluding carboxylic acids is 2. The molecule has 1 saturated heterocycles. The zero-order valence-electron chi connectivity index (χ0n) is 11.0. The van der Waals surface area contributed by atoms with Gasteiger partial charge in [-0.05, 0) is 30.5 Å². The van der Waals surface area contributed by atoms with Crippen molar-refractivity contribution in [2.45, 2.75) is 18.9 Å². The number of benzene rings is 1. The molecule has 0 aliphatic carbocycles. The first kappa shape index (κ1) is 14.5. The van der Waals surface area contributed by atoms with Crippen LogP contribution in [0.3, 0.4) is 0 Å². The molecule has 108 valence electrons. The first-order valence-corrected chi connectivity index (χ1v) is 6.51. The minimum Gasteiger partial charge on any atom is -0.381 e. The molecular formula is C14H17FN2O3. The fraction of sp³-hybridized carbons (Fsp3) is 0.429. The van der Waals surface area contributed by atoms with E-state index in [4.69, 9.17) is 10.5 Å². The molecule has 2 amide bonds. The van der Waals surface area contributed by atoms with Crippen LogP contribution in [0.25, 0.3) is 0 Å². The molecule has 0 spiro atoms. The molecule has 1 aromatic rings. The molecule has 0 aromatic heterocycles. The predicted octanol–water partition coefficient (Wildman–Crippen LogP) is 0.895. The number of halogens is 1. The summed E-state index contributed by atoms with van der Waals surface area (Å²) in [6.45, 7) is 1.00. The molecule has 20 heavy (non-hydrogen) atoms. The second-order valence-electron chi connectivity index (χ2n) is 4.81. The van der Waals surface area contributed by atoms with Crippen LogP contribution in [0.1, 0.15) is 24.4 Å². The zero-order valence-corrected chi connectivity index (χ0v) is 11.0. The van der Waals surface area contributed by atoms with Gasteiger partial charge in [-0.15, -0.1) is 0 Å². The lowest BCUT2D eigenvalue weighted by atomic mass is 9.99. The van der Waals surface area contributed by atoms with Crippen molar-refractivity contribution in [2.24, 2.45) is 11.7 Å². The van der Waals surface area contributed by atoms with Crippen LogP contribution >= 0.6 is 0 Å². The number of nitrogens with one attached hydrogen (secondary N) is 1. The van der Waals surface area contributed by atoms with Crippen LogP contribution in [0.2, 0.25) is 0 Å². The second kappa shape index (κ2) is 6.47. The number of hydrogen-bond acceptors (Lipinski definition) is 3. The molecule has 2 rings (SSSR count). The molecule has 0 unspecified atom stereocenters. The lowest BCUT2D eigenvalue weighted by Gasteiger charge is -2.24. The molecule has 6 heteroatoms. The molecule has 1 heterocycles. The van der Waals surface area contributed by atoms with E-state index in [0.29, 0.717) is 18.8 Å². The van der Waals surface area contributed by atoms with E-state index >= 15 is 0 Å². The van der Waals surface area contributed by atoms with Crippen molar-refractivity contribution in [1.29, 1.82) is 0 Å². The van der Waals surface area contributed by atoms with Gasteiger partial charge in [0.15, 0.2) is 0 Å². The summed E-state index contributed by atoms with van der Waals surface area (Å²) in [5.41, 5.74) is 5.77. The molecule has 3 N–H and O–H groups in total. The summed E-state index contributed by atoms with van der Waals surface area (Å²) in [6, 6.07) is 4.36. The summed E-state index contributed by atoms with van der Waals surface area (Å²) in [5.74, 6) is -1.63. The van der Waals surface area contributed by atoms with Gasteiger partial charge in [-0.2, -0.15) is 0 Å². The SMILES string of the molecule is NC(=O)[C@@H](NC(=O)[C@@H]1CCCOC1)c1ccc(F)cc1. The van der Waals surface area contributed by atoms with Gasteiger partial charge in [0, 0.05) is 6.61 Å². The third kappa shape index (κ3) is 3.54. The Balaban J connectivity index is 2.07. The Labute approximate surface area is 116 Å². The van der Waals surface area contributed by atoms with E-state index in [1.807, 2.05) is 0 Å². The summed E-state index contributed by atoms with van der Waals surface area (Å²) >= 11 is 0. The Bertz CT molecular complexity index is 484. The van der Waals surface area contributed by atoms with Crippen LogP contribution in [0.15, 0.2) is 24.3 Å². The first-order chi connectivity index (χ1) is 9.58. The summed E-state index contributed by atoms with van der Waals surface area (Å²) in [4.78, 5) is 23.6. The van der Waals surface area contributed by atoms with Gasteiger partial charge < -0.3 is 15.8 Å². The van der Waals surface area contributed by atoms with Gasteiger partial charge in [-0.25, -0.2) is 4.39 Å².